The maximum Gasteiger partial charge on any atom is 0.0777 e. The van der Waals surface area contributed by atoms with Crippen LogP contribution in [0.2, 0.25) is 5.02 Å². The molecule has 1 aromatic carbocycles. The minimum Gasteiger partial charge on any atom is -0.378 e. The lowest BCUT2D eigenvalue weighted by atomic mass is 10.3. The highest BCUT2D eigenvalue weighted by molar-refractivity contribution is 9.10. The topological polar surface area (TPSA) is 37.8 Å². The van der Waals surface area contributed by atoms with Crippen molar-refractivity contribution in [3.63, 3.8) is 0 Å². The Morgan fingerprint density at radius 3 is 2.94 bits per heavy atom. The van der Waals surface area contributed by atoms with Crippen LogP contribution in [0.1, 0.15) is 5.69 Å². The van der Waals surface area contributed by atoms with Crippen molar-refractivity contribution < 1.29 is 0 Å². The summed E-state index contributed by atoms with van der Waals surface area (Å²) in [5, 5.41) is 3.94. The van der Waals surface area contributed by atoms with Crippen molar-refractivity contribution in [1.82, 2.24) is 9.97 Å². The predicted molar refractivity (Wildman–Crippen MR) is 68.5 cm³/mol. The number of anilines is 1. The maximum absolute atomic E-state index is 5.91. The van der Waals surface area contributed by atoms with Crippen molar-refractivity contribution in [1.29, 1.82) is 0 Å². The van der Waals surface area contributed by atoms with E-state index in [1.54, 1.807) is 18.6 Å². The normalized spacial score (nSPS) is 10.1. The monoisotopic (exact) mass is 297 g/mol. The zero-order valence-corrected chi connectivity index (χ0v) is 10.7. The molecule has 0 amide bonds. The van der Waals surface area contributed by atoms with Gasteiger partial charge in [0.1, 0.15) is 0 Å². The number of rotatable bonds is 3. The summed E-state index contributed by atoms with van der Waals surface area (Å²) < 4.78 is 0.973. The largest absolute Gasteiger partial charge is 0.378 e. The zero-order chi connectivity index (χ0) is 11.4. The summed E-state index contributed by atoms with van der Waals surface area (Å²) in [6.07, 6.45) is 5.05. The third-order valence-electron chi connectivity index (χ3n) is 2.01. The summed E-state index contributed by atoms with van der Waals surface area (Å²) in [4.78, 5) is 8.17. The molecule has 82 valence electrons. The molecule has 2 aromatic rings. The van der Waals surface area contributed by atoms with Gasteiger partial charge in [0.2, 0.25) is 0 Å². The molecular weight excluding hydrogens is 289 g/mol. The number of benzene rings is 1. The van der Waals surface area contributed by atoms with Crippen molar-refractivity contribution in [3.8, 4) is 0 Å². The molecule has 2 rings (SSSR count). The average molecular weight is 299 g/mol. The second-order valence-corrected chi connectivity index (χ2v) is 4.47. The van der Waals surface area contributed by atoms with Crippen LogP contribution in [0.25, 0.3) is 0 Å². The van der Waals surface area contributed by atoms with Crippen LogP contribution in [0.3, 0.4) is 0 Å². The van der Waals surface area contributed by atoms with Crippen LogP contribution < -0.4 is 5.32 Å². The molecule has 1 N–H and O–H groups in total. The van der Waals surface area contributed by atoms with Crippen LogP contribution in [0.4, 0.5) is 5.69 Å². The van der Waals surface area contributed by atoms with Gasteiger partial charge in [0.15, 0.2) is 0 Å². The zero-order valence-electron chi connectivity index (χ0n) is 8.32. The van der Waals surface area contributed by atoms with Crippen LogP contribution in [0.5, 0.6) is 0 Å². The highest BCUT2D eigenvalue weighted by atomic mass is 79.9. The van der Waals surface area contributed by atoms with E-state index >= 15 is 0 Å². The van der Waals surface area contributed by atoms with Crippen molar-refractivity contribution in [2.24, 2.45) is 0 Å². The molecule has 0 bridgehead atoms. The summed E-state index contributed by atoms with van der Waals surface area (Å²) in [6.45, 7) is 0.618. The fourth-order valence-electron chi connectivity index (χ4n) is 1.24. The third kappa shape index (κ3) is 2.93. The lowest BCUT2D eigenvalue weighted by Crippen LogP contribution is -2.02. The van der Waals surface area contributed by atoms with E-state index < -0.39 is 0 Å². The summed E-state index contributed by atoms with van der Waals surface area (Å²) >= 11 is 9.36. The number of aromatic nitrogens is 2. The van der Waals surface area contributed by atoms with Crippen molar-refractivity contribution in [3.05, 3.63) is 52.0 Å². The van der Waals surface area contributed by atoms with E-state index in [1.165, 1.54) is 0 Å². The Morgan fingerprint density at radius 1 is 1.31 bits per heavy atom. The molecule has 0 aliphatic carbocycles. The van der Waals surface area contributed by atoms with E-state index in [2.05, 4.69) is 31.2 Å². The molecule has 0 aliphatic heterocycles. The van der Waals surface area contributed by atoms with Crippen molar-refractivity contribution >= 4 is 33.2 Å². The van der Waals surface area contributed by atoms with Gasteiger partial charge in [-0.25, -0.2) is 0 Å². The Balaban J connectivity index is 2.08. The fourth-order valence-corrected chi connectivity index (χ4v) is 1.80. The minimum atomic E-state index is 0.618. The molecule has 16 heavy (non-hydrogen) atoms. The third-order valence-corrected chi connectivity index (χ3v) is 2.93. The molecule has 1 heterocycles. The maximum atomic E-state index is 5.91. The number of halogens is 2. The highest BCUT2D eigenvalue weighted by Gasteiger charge is 2.00. The minimum absolute atomic E-state index is 0.618. The second-order valence-electron chi connectivity index (χ2n) is 3.17. The van der Waals surface area contributed by atoms with Crippen LogP contribution in [-0.4, -0.2) is 9.97 Å². The molecule has 0 saturated carbocycles. The van der Waals surface area contributed by atoms with Crippen LogP contribution in [0.15, 0.2) is 41.3 Å². The van der Waals surface area contributed by atoms with Gasteiger partial charge in [-0.2, -0.15) is 0 Å². The van der Waals surface area contributed by atoms with Gasteiger partial charge in [0.25, 0.3) is 0 Å². The molecular formula is C11H9BrClN3. The van der Waals surface area contributed by atoms with Crippen molar-refractivity contribution in [2.75, 3.05) is 5.32 Å². The van der Waals surface area contributed by atoms with Crippen LogP contribution in [-0.2, 0) is 6.54 Å². The van der Waals surface area contributed by atoms with E-state index in [1.807, 2.05) is 18.2 Å². The van der Waals surface area contributed by atoms with Gasteiger partial charge in [-0.1, -0.05) is 11.6 Å². The lowest BCUT2D eigenvalue weighted by molar-refractivity contribution is 1.01. The second kappa shape index (κ2) is 5.27. The van der Waals surface area contributed by atoms with E-state index in [-0.39, 0.29) is 0 Å². The Labute approximate surface area is 107 Å². The lowest BCUT2D eigenvalue weighted by Gasteiger charge is -2.08. The van der Waals surface area contributed by atoms with Gasteiger partial charge < -0.3 is 5.32 Å². The van der Waals surface area contributed by atoms with Gasteiger partial charge in [0, 0.05) is 21.9 Å². The fraction of sp³-hybridized carbons (Fsp3) is 0.0909. The highest BCUT2D eigenvalue weighted by Crippen LogP contribution is 2.26. The number of nitrogens with zero attached hydrogens (tertiary/aromatic N) is 2. The Bertz CT molecular complexity index is 476. The molecule has 0 saturated heterocycles. The van der Waals surface area contributed by atoms with Crippen LogP contribution >= 0.6 is 27.5 Å². The first kappa shape index (κ1) is 11.4. The molecule has 0 fully saturated rings. The molecule has 3 nitrogen and oxygen atoms in total. The predicted octanol–water partition coefficient (Wildman–Crippen LogP) is 3.50. The Kier molecular flexibility index (Phi) is 3.74. The van der Waals surface area contributed by atoms with Gasteiger partial charge in [-0.05, 0) is 34.1 Å². The quantitative estimate of drug-likeness (QED) is 0.942. The molecule has 0 unspecified atom stereocenters. The smallest absolute Gasteiger partial charge is 0.0777 e. The van der Waals surface area contributed by atoms with E-state index in [0.29, 0.717) is 11.6 Å². The summed E-state index contributed by atoms with van der Waals surface area (Å²) in [5.74, 6) is 0. The average Bonchev–Trinajstić information content (AvgIpc) is 2.32. The van der Waals surface area contributed by atoms with E-state index in [0.717, 1.165) is 15.9 Å². The summed E-state index contributed by atoms with van der Waals surface area (Å²) in [5.41, 5.74) is 1.83. The van der Waals surface area contributed by atoms with Gasteiger partial charge in [-0.3, -0.25) is 9.97 Å². The standard InChI is InChI=1S/C11H9BrClN3/c12-10-2-1-8(13)5-11(10)16-7-9-6-14-3-4-15-9/h1-6,16H,7H2. The molecule has 0 atom stereocenters. The number of hydrogen-bond donors (Lipinski definition) is 1. The van der Waals surface area contributed by atoms with E-state index in [4.69, 9.17) is 11.6 Å². The molecule has 5 heteroatoms. The first-order valence-electron chi connectivity index (χ1n) is 4.69. The van der Waals surface area contributed by atoms with Crippen LogP contribution in [0, 0.1) is 0 Å². The Morgan fingerprint density at radius 2 is 2.19 bits per heavy atom. The summed E-state index contributed by atoms with van der Waals surface area (Å²) in [7, 11) is 0. The van der Waals surface area contributed by atoms with E-state index in [9.17, 15) is 0 Å². The van der Waals surface area contributed by atoms with Crippen molar-refractivity contribution in [2.45, 2.75) is 6.54 Å². The Hall–Kier alpha value is -1.13. The molecule has 0 aliphatic rings. The molecule has 0 spiro atoms. The number of hydrogen-bond acceptors (Lipinski definition) is 3. The first-order chi connectivity index (χ1) is 7.75. The van der Waals surface area contributed by atoms with Gasteiger partial charge >= 0.3 is 0 Å². The summed E-state index contributed by atoms with van der Waals surface area (Å²) in [6, 6.07) is 5.60. The van der Waals surface area contributed by atoms with Gasteiger partial charge in [0.05, 0.1) is 24.1 Å². The molecule has 0 radical (unpaired) electrons. The SMILES string of the molecule is Clc1ccc(Br)c(NCc2cnccn2)c1. The molecule has 1 aromatic heterocycles. The van der Waals surface area contributed by atoms with Gasteiger partial charge in [-0.15, -0.1) is 0 Å². The number of nitrogens with one attached hydrogen (secondary N) is 1. The first-order valence-corrected chi connectivity index (χ1v) is 5.86.